The number of halogens is 1. The highest BCUT2D eigenvalue weighted by Crippen LogP contribution is 2.39. The number of benzene rings is 1. The molecule has 0 radical (unpaired) electrons. The van der Waals surface area contributed by atoms with Crippen LogP contribution in [0.4, 0.5) is 5.69 Å². The molecule has 0 atom stereocenters. The molecule has 0 bridgehead atoms. The molecule has 1 aliphatic rings. The van der Waals surface area contributed by atoms with Gasteiger partial charge >= 0.3 is 0 Å². The summed E-state index contributed by atoms with van der Waals surface area (Å²) < 4.78 is 10.5. The van der Waals surface area contributed by atoms with Crippen molar-refractivity contribution in [1.29, 1.82) is 0 Å². The molecule has 0 aliphatic carbocycles. The summed E-state index contributed by atoms with van der Waals surface area (Å²) in [6, 6.07) is 3.43. The zero-order chi connectivity index (χ0) is 13.1. The zero-order valence-corrected chi connectivity index (χ0v) is 11.3. The molecule has 1 aromatic rings. The summed E-state index contributed by atoms with van der Waals surface area (Å²) >= 11 is 6.05. The zero-order valence-electron chi connectivity index (χ0n) is 10.5. The van der Waals surface area contributed by atoms with Gasteiger partial charge in [0, 0.05) is 25.1 Å². The highest BCUT2D eigenvalue weighted by Gasteiger charge is 2.24. The molecular weight excluding hydrogens is 254 g/mol. The third-order valence-corrected chi connectivity index (χ3v) is 3.36. The van der Waals surface area contributed by atoms with Crippen molar-refractivity contribution in [3.8, 4) is 11.5 Å². The van der Waals surface area contributed by atoms with Crippen molar-refractivity contribution in [2.45, 2.75) is 19.3 Å². The van der Waals surface area contributed by atoms with E-state index in [1.165, 1.54) is 0 Å². The van der Waals surface area contributed by atoms with E-state index in [0.717, 1.165) is 18.5 Å². The van der Waals surface area contributed by atoms with Crippen molar-refractivity contribution in [3.63, 3.8) is 0 Å². The summed E-state index contributed by atoms with van der Waals surface area (Å²) in [4.78, 5) is 13.7. The van der Waals surface area contributed by atoms with Crippen LogP contribution in [0.3, 0.4) is 0 Å². The van der Waals surface area contributed by atoms with Gasteiger partial charge in [-0.05, 0) is 12.8 Å². The van der Waals surface area contributed by atoms with Gasteiger partial charge in [0.1, 0.15) is 11.5 Å². The van der Waals surface area contributed by atoms with Gasteiger partial charge in [0.25, 0.3) is 0 Å². The van der Waals surface area contributed by atoms with E-state index in [0.29, 0.717) is 29.5 Å². The first-order chi connectivity index (χ1) is 8.67. The summed E-state index contributed by atoms with van der Waals surface area (Å²) in [6.45, 7) is 0.708. The Morgan fingerprint density at radius 2 is 1.89 bits per heavy atom. The van der Waals surface area contributed by atoms with Crippen molar-refractivity contribution in [2.24, 2.45) is 0 Å². The Morgan fingerprint density at radius 1 is 1.17 bits per heavy atom. The largest absolute Gasteiger partial charge is 0.495 e. The number of anilines is 1. The minimum Gasteiger partial charge on any atom is -0.495 e. The molecule has 0 saturated carbocycles. The number of piperidine rings is 1. The average molecular weight is 270 g/mol. The van der Waals surface area contributed by atoms with Gasteiger partial charge in [0.2, 0.25) is 5.91 Å². The Morgan fingerprint density at radius 3 is 2.50 bits per heavy atom. The molecule has 98 valence electrons. The van der Waals surface area contributed by atoms with Crippen molar-refractivity contribution < 1.29 is 14.3 Å². The van der Waals surface area contributed by atoms with Gasteiger partial charge in [-0.25, -0.2) is 0 Å². The van der Waals surface area contributed by atoms with Crippen molar-refractivity contribution in [1.82, 2.24) is 0 Å². The number of ether oxygens (including phenoxy) is 2. The van der Waals surface area contributed by atoms with Crippen LogP contribution in [-0.4, -0.2) is 26.7 Å². The lowest BCUT2D eigenvalue weighted by molar-refractivity contribution is -0.119. The first kappa shape index (κ1) is 13.0. The van der Waals surface area contributed by atoms with Crippen molar-refractivity contribution >= 4 is 23.2 Å². The molecule has 2 rings (SSSR count). The predicted octanol–water partition coefficient (Wildman–Crippen LogP) is 2.87. The summed E-state index contributed by atoms with van der Waals surface area (Å²) in [5.41, 5.74) is 0.725. The van der Waals surface area contributed by atoms with Crippen LogP contribution in [-0.2, 0) is 4.79 Å². The second kappa shape index (κ2) is 5.48. The highest BCUT2D eigenvalue weighted by molar-refractivity contribution is 6.32. The van der Waals surface area contributed by atoms with E-state index in [-0.39, 0.29) is 5.91 Å². The van der Waals surface area contributed by atoms with Gasteiger partial charge in [-0.3, -0.25) is 4.79 Å². The summed E-state index contributed by atoms with van der Waals surface area (Å²) in [6.07, 6.45) is 2.52. The molecule has 1 saturated heterocycles. The maximum absolute atomic E-state index is 11.9. The van der Waals surface area contributed by atoms with E-state index < -0.39 is 0 Å². The minimum atomic E-state index is 0.115. The fourth-order valence-corrected chi connectivity index (χ4v) is 2.35. The van der Waals surface area contributed by atoms with E-state index in [2.05, 4.69) is 0 Å². The van der Waals surface area contributed by atoms with E-state index in [1.807, 2.05) is 0 Å². The lowest BCUT2D eigenvalue weighted by atomic mass is 10.1. The Kier molecular flexibility index (Phi) is 3.97. The van der Waals surface area contributed by atoms with Gasteiger partial charge in [-0.2, -0.15) is 0 Å². The number of hydrogen-bond donors (Lipinski definition) is 0. The third kappa shape index (κ3) is 2.38. The van der Waals surface area contributed by atoms with Gasteiger partial charge in [-0.1, -0.05) is 11.6 Å². The normalized spacial score (nSPS) is 15.7. The molecule has 4 nitrogen and oxygen atoms in total. The van der Waals surface area contributed by atoms with Crippen LogP contribution in [0.2, 0.25) is 5.02 Å². The number of methoxy groups -OCH3 is 2. The van der Waals surface area contributed by atoms with Crippen LogP contribution >= 0.6 is 11.6 Å². The lowest BCUT2D eigenvalue weighted by Gasteiger charge is -2.28. The number of carbonyl (C=O) groups is 1. The summed E-state index contributed by atoms with van der Waals surface area (Å²) in [5.74, 6) is 1.26. The molecule has 0 unspecified atom stereocenters. The minimum absolute atomic E-state index is 0.115. The second-order valence-electron chi connectivity index (χ2n) is 4.16. The van der Waals surface area contributed by atoms with E-state index in [4.69, 9.17) is 21.1 Å². The molecule has 0 spiro atoms. The molecule has 1 aromatic carbocycles. The fraction of sp³-hybridized carbons (Fsp3) is 0.462. The quantitative estimate of drug-likeness (QED) is 0.847. The Hall–Kier alpha value is -1.42. The van der Waals surface area contributed by atoms with Crippen LogP contribution in [0.1, 0.15) is 19.3 Å². The molecule has 5 heteroatoms. The van der Waals surface area contributed by atoms with Crippen LogP contribution in [0.5, 0.6) is 11.5 Å². The van der Waals surface area contributed by atoms with Crippen LogP contribution in [0.25, 0.3) is 0 Å². The van der Waals surface area contributed by atoms with Gasteiger partial charge in [-0.15, -0.1) is 0 Å². The number of amides is 1. The fourth-order valence-electron chi connectivity index (χ4n) is 2.12. The lowest BCUT2D eigenvalue weighted by Crippen LogP contribution is -2.35. The maximum Gasteiger partial charge on any atom is 0.227 e. The molecule has 1 fully saturated rings. The monoisotopic (exact) mass is 269 g/mol. The molecule has 18 heavy (non-hydrogen) atoms. The SMILES string of the molecule is COc1cc(N2CCCCC2=O)c(OC)cc1Cl. The number of carbonyl (C=O) groups excluding carboxylic acids is 1. The average Bonchev–Trinajstić information content (AvgIpc) is 2.39. The molecule has 1 aliphatic heterocycles. The van der Waals surface area contributed by atoms with Crippen LogP contribution in [0, 0.1) is 0 Å². The van der Waals surface area contributed by atoms with E-state index in [1.54, 1.807) is 31.3 Å². The maximum atomic E-state index is 11.9. The first-order valence-corrected chi connectivity index (χ1v) is 6.27. The Balaban J connectivity index is 2.44. The van der Waals surface area contributed by atoms with Gasteiger partial charge in [0.15, 0.2) is 0 Å². The number of rotatable bonds is 3. The molecule has 1 heterocycles. The highest BCUT2D eigenvalue weighted by atomic mass is 35.5. The number of hydrogen-bond acceptors (Lipinski definition) is 3. The summed E-state index contributed by atoms with van der Waals surface area (Å²) in [7, 11) is 3.12. The molecule has 0 aromatic heterocycles. The van der Waals surface area contributed by atoms with E-state index >= 15 is 0 Å². The van der Waals surface area contributed by atoms with Crippen molar-refractivity contribution in [2.75, 3.05) is 25.7 Å². The molecular formula is C13H16ClNO3. The van der Waals surface area contributed by atoms with E-state index in [9.17, 15) is 4.79 Å². The van der Waals surface area contributed by atoms with Gasteiger partial charge < -0.3 is 14.4 Å². The summed E-state index contributed by atoms with van der Waals surface area (Å²) in [5, 5.41) is 0.475. The second-order valence-corrected chi connectivity index (χ2v) is 4.57. The first-order valence-electron chi connectivity index (χ1n) is 5.89. The predicted molar refractivity (Wildman–Crippen MR) is 70.8 cm³/mol. The smallest absolute Gasteiger partial charge is 0.227 e. The Labute approximate surface area is 111 Å². The van der Waals surface area contributed by atoms with Crippen LogP contribution in [0.15, 0.2) is 12.1 Å². The molecule has 1 amide bonds. The van der Waals surface area contributed by atoms with Gasteiger partial charge in [0.05, 0.1) is 24.9 Å². The topological polar surface area (TPSA) is 38.8 Å². The number of nitrogens with zero attached hydrogens (tertiary/aromatic N) is 1. The standard InChI is InChI=1S/C13H16ClNO3/c1-17-11-8-10(12(18-2)7-9(11)14)15-6-4-3-5-13(15)16/h7-8H,3-6H2,1-2H3. The van der Waals surface area contributed by atoms with Crippen molar-refractivity contribution in [3.05, 3.63) is 17.2 Å². The Bertz CT molecular complexity index is 462. The van der Waals surface area contributed by atoms with Crippen LogP contribution < -0.4 is 14.4 Å². The molecule has 0 N–H and O–H groups in total. The third-order valence-electron chi connectivity index (χ3n) is 3.07.